The molecular formula is C8H18BiOTi. The summed E-state index contributed by atoms with van der Waals surface area (Å²) in [6, 6.07) is 0. The van der Waals surface area contributed by atoms with Crippen LogP contribution in [0.1, 0.15) is 39.5 Å². The second-order valence-corrected chi connectivity index (χ2v) is 2.60. The van der Waals surface area contributed by atoms with Crippen LogP contribution in [0.15, 0.2) is 0 Å². The zero-order valence-corrected chi connectivity index (χ0v) is 12.5. The van der Waals surface area contributed by atoms with Crippen molar-refractivity contribution in [3.8, 4) is 0 Å². The molecule has 0 aliphatic rings. The Morgan fingerprint density at radius 1 is 1.27 bits per heavy atom. The number of hydrogen-bond acceptors (Lipinski definition) is 1. The van der Waals surface area contributed by atoms with Gasteiger partial charge in [-0.15, -0.1) is 0 Å². The Labute approximate surface area is 104 Å². The normalized spacial score (nSPS) is 11.2. The quantitative estimate of drug-likeness (QED) is 0.714. The summed E-state index contributed by atoms with van der Waals surface area (Å²) < 4.78 is 0. The molecule has 1 atom stereocenters. The van der Waals surface area contributed by atoms with Crippen molar-refractivity contribution in [1.82, 2.24) is 0 Å². The molecule has 0 aliphatic heterocycles. The van der Waals surface area contributed by atoms with E-state index in [4.69, 9.17) is 5.11 Å². The van der Waals surface area contributed by atoms with Crippen LogP contribution in [-0.2, 0) is 21.7 Å². The fraction of sp³-hybridized carbons (Fsp3) is 1.00. The molecule has 0 rings (SSSR count). The van der Waals surface area contributed by atoms with Gasteiger partial charge in [0.15, 0.2) is 0 Å². The summed E-state index contributed by atoms with van der Waals surface area (Å²) in [4.78, 5) is 0. The SMILES string of the molecule is CCCCC(CC)CO.[Bi].[Ti]. The molecule has 0 saturated heterocycles. The third-order valence-electron chi connectivity index (χ3n) is 1.80. The van der Waals surface area contributed by atoms with Gasteiger partial charge in [0.2, 0.25) is 0 Å². The molecule has 0 heterocycles. The topological polar surface area (TPSA) is 20.2 Å². The van der Waals surface area contributed by atoms with E-state index < -0.39 is 0 Å². The first-order valence-corrected chi connectivity index (χ1v) is 3.96. The van der Waals surface area contributed by atoms with Crippen molar-refractivity contribution >= 4 is 26.2 Å². The summed E-state index contributed by atoms with van der Waals surface area (Å²) in [5, 5.41) is 8.75. The molecular weight excluding hydrogens is 369 g/mol. The van der Waals surface area contributed by atoms with E-state index in [-0.39, 0.29) is 47.9 Å². The average Bonchev–Trinajstić information content (AvgIpc) is 1.91. The standard InChI is InChI=1S/C8H18O.Bi.Ti/c1-3-5-6-8(4-2)7-9;;/h8-9H,3-7H2,1-2H3;;. The van der Waals surface area contributed by atoms with Gasteiger partial charge in [-0.2, -0.15) is 0 Å². The summed E-state index contributed by atoms with van der Waals surface area (Å²) in [6.45, 7) is 4.69. The first kappa shape index (κ1) is 18.4. The number of hydrogen-bond donors (Lipinski definition) is 1. The van der Waals surface area contributed by atoms with Crippen molar-refractivity contribution < 1.29 is 26.8 Å². The van der Waals surface area contributed by atoms with E-state index in [1.165, 1.54) is 19.3 Å². The molecule has 65 valence electrons. The van der Waals surface area contributed by atoms with Crippen LogP contribution < -0.4 is 0 Å². The van der Waals surface area contributed by atoms with Crippen LogP contribution in [0.25, 0.3) is 0 Å². The first-order valence-electron chi connectivity index (χ1n) is 3.96. The van der Waals surface area contributed by atoms with Gasteiger partial charge in [0.1, 0.15) is 0 Å². The number of aliphatic hydroxyl groups is 1. The van der Waals surface area contributed by atoms with Crippen molar-refractivity contribution in [2.24, 2.45) is 5.92 Å². The van der Waals surface area contributed by atoms with E-state index in [1.54, 1.807) is 0 Å². The van der Waals surface area contributed by atoms with Crippen LogP contribution in [0.3, 0.4) is 0 Å². The molecule has 11 heavy (non-hydrogen) atoms. The molecule has 0 aromatic carbocycles. The molecule has 0 aliphatic carbocycles. The maximum atomic E-state index is 8.75. The molecule has 3 heteroatoms. The summed E-state index contributed by atoms with van der Waals surface area (Å²) in [5.41, 5.74) is 0. The van der Waals surface area contributed by atoms with Crippen LogP contribution in [0.5, 0.6) is 0 Å². The van der Waals surface area contributed by atoms with Crippen LogP contribution in [0.4, 0.5) is 0 Å². The summed E-state index contributed by atoms with van der Waals surface area (Å²) >= 11 is 0. The molecule has 1 nitrogen and oxygen atoms in total. The van der Waals surface area contributed by atoms with Gasteiger partial charge in [-0.25, -0.2) is 0 Å². The van der Waals surface area contributed by atoms with E-state index in [1.807, 2.05) is 0 Å². The van der Waals surface area contributed by atoms with E-state index >= 15 is 0 Å². The second kappa shape index (κ2) is 14.1. The van der Waals surface area contributed by atoms with Gasteiger partial charge in [-0.1, -0.05) is 33.1 Å². The largest absolute Gasteiger partial charge is 0.396 e. The predicted octanol–water partition coefficient (Wildman–Crippen LogP) is 1.81. The third kappa shape index (κ3) is 11.6. The van der Waals surface area contributed by atoms with Crippen molar-refractivity contribution in [2.75, 3.05) is 6.61 Å². The maximum Gasteiger partial charge on any atom is 0.0459 e. The number of aliphatic hydroxyl groups excluding tert-OH is 1. The summed E-state index contributed by atoms with van der Waals surface area (Å²) in [6.07, 6.45) is 4.83. The minimum Gasteiger partial charge on any atom is -0.396 e. The molecule has 0 bridgehead atoms. The maximum absolute atomic E-state index is 8.75. The van der Waals surface area contributed by atoms with E-state index in [0.717, 1.165) is 6.42 Å². The Bertz CT molecular complexity index is 58.1. The Morgan fingerprint density at radius 3 is 2.09 bits per heavy atom. The van der Waals surface area contributed by atoms with Gasteiger partial charge < -0.3 is 5.11 Å². The minimum atomic E-state index is 0. The molecule has 0 spiro atoms. The molecule has 0 aromatic heterocycles. The van der Waals surface area contributed by atoms with Gasteiger partial charge in [0, 0.05) is 54.5 Å². The van der Waals surface area contributed by atoms with E-state index in [0.29, 0.717) is 12.5 Å². The Balaban J connectivity index is -0.000000320. The average molecular weight is 387 g/mol. The fourth-order valence-electron chi connectivity index (χ4n) is 0.917. The van der Waals surface area contributed by atoms with Crippen LogP contribution in [0, 0.1) is 5.92 Å². The second-order valence-electron chi connectivity index (χ2n) is 2.60. The molecule has 0 amide bonds. The van der Waals surface area contributed by atoms with Crippen molar-refractivity contribution in [3.63, 3.8) is 0 Å². The van der Waals surface area contributed by atoms with Crippen molar-refractivity contribution in [1.29, 1.82) is 0 Å². The van der Waals surface area contributed by atoms with Gasteiger partial charge in [0.25, 0.3) is 0 Å². The minimum absolute atomic E-state index is 0. The number of unbranched alkanes of at least 4 members (excludes halogenated alkanes) is 1. The monoisotopic (exact) mass is 387 g/mol. The van der Waals surface area contributed by atoms with Crippen LogP contribution in [-0.4, -0.2) is 37.9 Å². The molecule has 3 radical (unpaired) electrons. The summed E-state index contributed by atoms with van der Waals surface area (Å²) in [7, 11) is 0. The van der Waals surface area contributed by atoms with Gasteiger partial charge in [0.05, 0.1) is 0 Å². The molecule has 0 fully saturated rings. The van der Waals surface area contributed by atoms with Crippen LogP contribution in [0.2, 0.25) is 0 Å². The van der Waals surface area contributed by atoms with Crippen molar-refractivity contribution in [3.05, 3.63) is 0 Å². The third-order valence-corrected chi connectivity index (χ3v) is 1.80. The molecule has 0 aromatic rings. The van der Waals surface area contributed by atoms with Crippen molar-refractivity contribution in [2.45, 2.75) is 39.5 Å². The molecule has 0 saturated carbocycles. The Hall–Kier alpha value is 1.56. The molecule has 1 N–H and O–H groups in total. The van der Waals surface area contributed by atoms with E-state index in [2.05, 4.69) is 13.8 Å². The Morgan fingerprint density at radius 2 is 1.82 bits per heavy atom. The van der Waals surface area contributed by atoms with Gasteiger partial charge in [-0.05, 0) is 12.3 Å². The zero-order valence-electron chi connectivity index (χ0n) is 7.51. The summed E-state index contributed by atoms with van der Waals surface area (Å²) in [5.74, 6) is 0.560. The molecule has 1 unspecified atom stereocenters. The van der Waals surface area contributed by atoms with E-state index in [9.17, 15) is 0 Å². The predicted molar refractivity (Wildman–Crippen MR) is 46.1 cm³/mol. The Kier molecular flexibility index (Phi) is 23.5. The zero-order chi connectivity index (χ0) is 7.11. The fourth-order valence-corrected chi connectivity index (χ4v) is 0.917. The first-order chi connectivity index (χ1) is 4.35. The van der Waals surface area contributed by atoms with Gasteiger partial charge in [-0.3, -0.25) is 0 Å². The van der Waals surface area contributed by atoms with Crippen LogP contribution >= 0.6 is 0 Å². The number of rotatable bonds is 5. The van der Waals surface area contributed by atoms with Gasteiger partial charge >= 0.3 is 0 Å². The smallest absolute Gasteiger partial charge is 0.0459 e.